The van der Waals surface area contributed by atoms with Gasteiger partial charge in [-0.3, -0.25) is 0 Å². The highest BCUT2D eigenvalue weighted by atomic mass is 15.1. The van der Waals surface area contributed by atoms with Crippen molar-refractivity contribution in [2.75, 3.05) is 17.7 Å². The first-order chi connectivity index (χ1) is 8.76. The molecule has 0 saturated carbocycles. The van der Waals surface area contributed by atoms with Crippen LogP contribution in [0.25, 0.3) is 0 Å². The van der Waals surface area contributed by atoms with Gasteiger partial charge in [-0.1, -0.05) is 6.92 Å². The number of nitrogens with zero attached hydrogens (tertiary/aromatic N) is 4. The van der Waals surface area contributed by atoms with Crippen molar-refractivity contribution < 1.29 is 0 Å². The third-order valence-corrected chi connectivity index (χ3v) is 2.87. The van der Waals surface area contributed by atoms with E-state index in [1.807, 2.05) is 24.9 Å². The van der Waals surface area contributed by atoms with E-state index in [1.165, 1.54) is 0 Å². The molecule has 18 heavy (non-hydrogen) atoms. The standard InChI is InChI=1S/C12H18N6/c1-4-9-11(13-2)16-8-17-12(9)15-7-10-14-5-6-18(10)3/h5-6,8H,4,7H2,1-3H3,(H2,13,15,16,17). The second-order valence-electron chi connectivity index (χ2n) is 3.96. The fourth-order valence-electron chi connectivity index (χ4n) is 1.84. The van der Waals surface area contributed by atoms with Crippen molar-refractivity contribution in [3.63, 3.8) is 0 Å². The van der Waals surface area contributed by atoms with E-state index >= 15 is 0 Å². The Balaban J connectivity index is 2.16. The molecule has 2 heterocycles. The Morgan fingerprint density at radius 3 is 2.61 bits per heavy atom. The molecule has 0 bridgehead atoms. The molecule has 0 saturated heterocycles. The molecule has 96 valence electrons. The van der Waals surface area contributed by atoms with E-state index in [0.29, 0.717) is 6.54 Å². The number of aromatic nitrogens is 4. The third-order valence-electron chi connectivity index (χ3n) is 2.87. The number of anilines is 2. The zero-order valence-corrected chi connectivity index (χ0v) is 10.9. The van der Waals surface area contributed by atoms with Gasteiger partial charge < -0.3 is 15.2 Å². The summed E-state index contributed by atoms with van der Waals surface area (Å²) in [5.74, 6) is 2.70. The Bertz CT molecular complexity index is 519. The fraction of sp³-hybridized carbons (Fsp3) is 0.417. The van der Waals surface area contributed by atoms with Crippen molar-refractivity contribution >= 4 is 11.6 Å². The lowest BCUT2D eigenvalue weighted by Gasteiger charge is -2.12. The molecule has 0 spiro atoms. The van der Waals surface area contributed by atoms with Crippen LogP contribution in [0.3, 0.4) is 0 Å². The van der Waals surface area contributed by atoms with Gasteiger partial charge in [0.05, 0.1) is 6.54 Å². The first-order valence-corrected chi connectivity index (χ1v) is 5.98. The molecule has 2 N–H and O–H groups in total. The molecule has 0 atom stereocenters. The Labute approximate surface area is 106 Å². The zero-order valence-electron chi connectivity index (χ0n) is 10.9. The Morgan fingerprint density at radius 1 is 1.22 bits per heavy atom. The molecule has 2 aromatic rings. The predicted molar refractivity (Wildman–Crippen MR) is 71.5 cm³/mol. The van der Waals surface area contributed by atoms with Crippen molar-refractivity contribution in [2.45, 2.75) is 19.9 Å². The zero-order chi connectivity index (χ0) is 13.0. The fourth-order valence-corrected chi connectivity index (χ4v) is 1.84. The van der Waals surface area contributed by atoms with Crippen molar-refractivity contribution in [2.24, 2.45) is 7.05 Å². The van der Waals surface area contributed by atoms with Crippen LogP contribution < -0.4 is 10.6 Å². The van der Waals surface area contributed by atoms with E-state index in [9.17, 15) is 0 Å². The van der Waals surface area contributed by atoms with Crippen LogP contribution in [0.4, 0.5) is 11.6 Å². The first kappa shape index (κ1) is 12.3. The average Bonchev–Trinajstić information content (AvgIpc) is 2.81. The molecule has 6 heteroatoms. The van der Waals surface area contributed by atoms with Gasteiger partial charge >= 0.3 is 0 Å². The van der Waals surface area contributed by atoms with Gasteiger partial charge in [-0.15, -0.1) is 0 Å². The Kier molecular flexibility index (Phi) is 3.76. The van der Waals surface area contributed by atoms with Gasteiger partial charge in [0.1, 0.15) is 23.8 Å². The SMILES string of the molecule is CCc1c(NC)ncnc1NCc1nccn1C. The number of aryl methyl sites for hydroxylation is 1. The predicted octanol–water partition coefficient (Wildman–Crippen LogP) is 1.43. The second-order valence-corrected chi connectivity index (χ2v) is 3.96. The van der Waals surface area contributed by atoms with E-state index in [2.05, 4.69) is 32.5 Å². The number of hydrogen-bond donors (Lipinski definition) is 2. The van der Waals surface area contributed by atoms with Gasteiger partial charge in [0.25, 0.3) is 0 Å². The molecule has 2 rings (SSSR count). The third kappa shape index (κ3) is 2.42. The molecular formula is C12H18N6. The molecule has 0 radical (unpaired) electrons. The maximum absolute atomic E-state index is 4.29. The van der Waals surface area contributed by atoms with Gasteiger partial charge in [0.2, 0.25) is 0 Å². The van der Waals surface area contributed by atoms with Crippen molar-refractivity contribution in [3.05, 3.63) is 30.1 Å². The smallest absolute Gasteiger partial charge is 0.135 e. The van der Waals surface area contributed by atoms with Crippen LogP contribution >= 0.6 is 0 Å². The van der Waals surface area contributed by atoms with Crippen molar-refractivity contribution in [1.29, 1.82) is 0 Å². The molecule has 0 aliphatic carbocycles. The van der Waals surface area contributed by atoms with Crippen LogP contribution in [0.5, 0.6) is 0 Å². The summed E-state index contributed by atoms with van der Waals surface area (Å²) in [4.78, 5) is 12.8. The molecule has 0 aromatic carbocycles. The molecule has 0 aliphatic heterocycles. The topological polar surface area (TPSA) is 67.7 Å². The van der Waals surface area contributed by atoms with Gasteiger partial charge in [0.15, 0.2) is 0 Å². The molecule has 0 amide bonds. The van der Waals surface area contributed by atoms with Crippen LogP contribution in [0.1, 0.15) is 18.3 Å². The van der Waals surface area contributed by atoms with Crippen molar-refractivity contribution in [1.82, 2.24) is 19.5 Å². The summed E-state index contributed by atoms with van der Waals surface area (Å²) in [5.41, 5.74) is 1.09. The maximum Gasteiger partial charge on any atom is 0.135 e. The van der Waals surface area contributed by atoms with Crippen molar-refractivity contribution in [3.8, 4) is 0 Å². The largest absolute Gasteiger partial charge is 0.373 e. The van der Waals surface area contributed by atoms with Gasteiger partial charge in [-0.25, -0.2) is 15.0 Å². The van der Waals surface area contributed by atoms with Crippen LogP contribution in [0.15, 0.2) is 18.7 Å². The highest BCUT2D eigenvalue weighted by Gasteiger charge is 2.09. The summed E-state index contributed by atoms with van der Waals surface area (Å²) in [6.45, 7) is 2.74. The van der Waals surface area contributed by atoms with E-state index < -0.39 is 0 Å². The quantitative estimate of drug-likeness (QED) is 0.835. The van der Waals surface area contributed by atoms with Crippen LogP contribution in [-0.4, -0.2) is 26.6 Å². The van der Waals surface area contributed by atoms with E-state index in [4.69, 9.17) is 0 Å². The highest BCUT2D eigenvalue weighted by Crippen LogP contribution is 2.20. The highest BCUT2D eigenvalue weighted by molar-refractivity contribution is 5.57. The number of imidazole rings is 1. The monoisotopic (exact) mass is 246 g/mol. The normalized spacial score (nSPS) is 10.4. The van der Waals surface area contributed by atoms with E-state index in [1.54, 1.807) is 12.5 Å². The molecular weight excluding hydrogens is 228 g/mol. The lowest BCUT2D eigenvalue weighted by Crippen LogP contribution is -2.10. The molecule has 0 unspecified atom stereocenters. The second kappa shape index (κ2) is 5.48. The van der Waals surface area contributed by atoms with E-state index in [0.717, 1.165) is 29.4 Å². The minimum absolute atomic E-state index is 0.649. The summed E-state index contributed by atoms with van der Waals surface area (Å²) in [5, 5.41) is 6.39. The average molecular weight is 246 g/mol. The maximum atomic E-state index is 4.29. The van der Waals surface area contributed by atoms with E-state index in [-0.39, 0.29) is 0 Å². The number of nitrogens with one attached hydrogen (secondary N) is 2. The number of hydrogen-bond acceptors (Lipinski definition) is 5. The molecule has 0 fully saturated rings. The summed E-state index contributed by atoms with van der Waals surface area (Å²) in [6.07, 6.45) is 6.15. The summed E-state index contributed by atoms with van der Waals surface area (Å²) >= 11 is 0. The lowest BCUT2D eigenvalue weighted by atomic mass is 10.2. The Hall–Kier alpha value is -2.11. The van der Waals surface area contributed by atoms with Gasteiger partial charge in [0, 0.05) is 32.1 Å². The minimum atomic E-state index is 0.649. The first-order valence-electron chi connectivity index (χ1n) is 5.98. The van der Waals surface area contributed by atoms with Gasteiger partial charge in [-0.05, 0) is 6.42 Å². The molecule has 2 aromatic heterocycles. The minimum Gasteiger partial charge on any atom is -0.373 e. The molecule has 0 aliphatic rings. The van der Waals surface area contributed by atoms with Crippen LogP contribution in [-0.2, 0) is 20.0 Å². The summed E-state index contributed by atoms with van der Waals surface area (Å²) in [7, 11) is 3.84. The van der Waals surface area contributed by atoms with Gasteiger partial charge in [-0.2, -0.15) is 0 Å². The lowest BCUT2D eigenvalue weighted by molar-refractivity contribution is 0.809. The Morgan fingerprint density at radius 2 is 2.00 bits per heavy atom. The summed E-state index contributed by atoms with van der Waals surface area (Å²) in [6, 6.07) is 0. The summed E-state index contributed by atoms with van der Waals surface area (Å²) < 4.78 is 1.98. The molecule has 6 nitrogen and oxygen atoms in total. The van der Waals surface area contributed by atoms with Crippen LogP contribution in [0, 0.1) is 0 Å². The number of rotatable bonds is 5. The van der Waals surface area contributed by atoms with Crippen LogP contribution in [0.2, 0.25) is 0 Å².